The van der Waals surface area contributed by atoms with Gasteiger partial charge in [0.1, 0.15) is 13.2 Å². The lowest BCUT2D eigenvalue weighted by Crippen LogP contribution is -2.30. The Bertz CT molecular complexity index is 980. The molecule has 0 saturated heterocycles. The Kier molecular flexibility index (Phi) is 52.1. The zero-order chi connectivity index (χ0) is 47.4. The third kappa shape index (κ3) is 53.2. The first-order chi connectivity index (χ1) is 31.9. The van der Waals surface area contributed by atoms with Gasteiger partial charge in [-0.1, -0.05) is 297 Å². The van der Waals surface area contributed by atoms with Crippen molar-refractivity contribution in [1.82, 2.24) is 0 Å². The van der Waals surface area contributed by atoms with Crippen LogP contribution in [-0.4, -0.2) is 37.2 Å². The van der Waals surface area contributed by atoms with Crippen LogP contribution in [0.15, 0.2) is 0 Å². The molecule has 386 valence electrons. The van der Waals surface area contributed by atoms with Crippen LogP contribution in [0.1, 0.15) is 336 Å². The number of ether oxygens (including phenoxy) is 3. The van der Waals surface area contributed by atoms with E-state index in [1.165, 1.54) is 231 Å². The van der Waals surface area contributed by atoms with E-state index in [2.05, 4.69) is 27.7 Å². The Hall–Kier alpha value is -1.59. The molecule has 0 unspecified atom stereocenters. The van der Waals surface area contributed by atoms with Gasteiger partial charge >= 0.3 is 17.9 Å². The van der Waals surface area contributed by atoms with E-state index in [4.69, 9.17) is 14.2 Å². The van der Waals surface area contributed by atoms with Crippen molar-refractivity contribution in [3.8, 4) is 0 Å². The molecule has 0 rings (SSSR count). The maximum atomic E-state index is 12.8. The molecule has 0 aromatic rings. The van der Waals surface area contributed by atoms with Crippen LogP contribution in [0.3, 0.4) is 0 Å². The van der Waals surface area contributed by atoms with Gasteiger partial charge in [0.15, 0.2) is 6.10 Å². The van der Waals surface area contributed by atoms with Gasteiger partial charge in [0, 0.05) is 19.3 Å². The highest BCUT2D eigenvalue weighted by molar-refractivity contribution is 5.71. The normalized spacial score (nSPS) is 12.0. The maximum Gasteiger partial charge on any atom is 0.306 e. The number of carbonyl (C=O) groups excluding carboxylic acids is 3. The highest BCUT2D eigenvalue weighted by Crippen LogP contribution is 2.18. The quantitative estimate of drug-likeness (QED) is 0.0344. The van der Waals surface area contributed by atoms with E-state index in [0.29, 0.717) is 19.3 Å². The second-order valence-electron chi connectivity index (χ2n) is 20.8. The summed E-state index contributed by atoms with van der Waals surface area (Å²) in [4.78, 5) is 38.1. The second kappa shape index (κ2) is 53.4. The first kappa shape index (κ1) is 63.4. The molecule has 65 heavy (non-hydrogen) atoms. The molecule has 0 N–H and O–H groups in total. The maximum absolute atomic E-state index is 12.8. The minimum absolute atomic E-state index is 0.0621. The van der Waals surface area contributed by atoms with Crippen molar-refractivity contribution in [3.05, 3.63) is 0 Å². The summed E-state index contributed by atoms with van der Waals surface area (Å²) in [5, 5.41) is 0. The monoisotopic (exact) mass is 919 g/mol. The summed E-state index contributed by atoms with van der Waals surface area (Å²) in [7, 11) is 0. The number of rotatable bonds is 54. The summed E-state index contributed by atoms with van der Waals surface area (Å²) in [6.45, 7) is 9.05. The van der Waals surface area contributed by atoms with Crippen LogP contribution in [0, 0.1) is 5.92 Å². The molecule has 0 radical (unpaired) electrons. The van der Waals surface area contributed by atoms with E-state index in [9.17, 15) is 14.4 Å². The molecule has 0 aliphatic carbocycles. The van der Waals surface area contributed by atoms with Gasteiger partial charge < -0.3 is 14.2 Å². The van der Waals surface area contributed by atoms with Crippen LogP contribution >= 0.6 is 0 Å². The van der Waals surface area contributed by atoms with Gasteiger partial charge in [-0.15, -0.1) is 0 Å². The summed E-state index contributed by atoms with van der Waals surface area (Å²) in [6, 6.07) is 0. The lowest BCUT2D eigenvalue weighted by atomic mass is 10.0. The summed E-state index contributed by atoms with van der Waals surface area (Å²) in [5.41, 5.74) is 0. The molecule has 6 nitrogen and oxygen atoms in total. The molecule has 1 atom stereocenters. The van der Waals surface area contributed by atoms with Crippen molar-refractivity contribution >= 4 is 17.9 Å². The molecule has 0 fully saturated rings. The van der Waals surface area contributed by atoms with E-state index in [1.807, 2.05) is 0 Å². The molecular formula is C59H114O6. The molecule has 0 amide bonds. The standard InChI is InChI=1S/C59H114O6/c1-5-7-9-11-13-15-17-19-21-22-23-24-26-28-30-35-39-43-47-51-58(61)64-54-56(65-59(62)52-48-44-40-36-32-31-33-37-41-45-49-55(3)4)53-63-57(60)50-46-42-38-34-29-27-25-20-18-16-14-12-10-8-6-2/h55-56H,5-54H2,1-4H3/t56-/m0/s1. The number of hydrogen-bond donors (Lipinski definition) is 0. The largest absolute Gasteiger partial charge is 0.462 e. The van der Waals surface area contributed by atoms with Crippen LogP contribution in [0.4, 0.5) is 0 Å². The highest BCUT2D eigenvalue weighted by atomic mass is 16.6. The SMILES string of the molecule is CCCCCCCCCCCCCCCCCCCCCC(=O)OC[C@H](COC(=O)CCCCCCCCCCCCCCCCC)OC(=O)CCCCCCCCCCCCC(C)C. The predicted octanol–water partition coefficient (Wildman–Crippen LogP) is 19.4. The molecule has 0 heterocycles. The van der Waals surface area contributed by atoms with E-state index >= 15 is 0 Å². The van der Waals surface area contributed by atoms with E-state index < -0.39 is 6.10 Å². The topological polar surface area (TPSA) is 78.9 Å². The third-order valence-electron chi connectivity index (χ3n) is 13.5. The van der Waals surface area contributed by atoms with E-state index in [0.717, 1.165) is 63.7 Å². The van der Waals surface area contributed by atoms with Crippen molar-refractivity contribution in [1.29, 1.82) is 0 Å². The second-order valence-corrected chi connectivity index (χ2v) is 20.8. The molecule has 0 aromatic heterocycles. The lowest BCUT2D eigenvalue weighted by Gasteiger charge is -2.18. The molecule has 0 saturated carbocycles. The Morgan fingerprint density at radius 3 is 0.754 bits per heavy atom. The van der Waals surface area contributed by atoms with Crippen LogP contribution in [0.2, 0.25) is 0 Å². The average Bonchev–Trinajstić information content (AvgIpc) is 3.29. The average molecular weight is 920 g/mol. The van der Waals surface area contributed by atoms with Crippen LogP contribution < -0.4 is 0 Å². The minimum Gasteiger partial charge on any atom is -0.462 e. The highest BCUT2D eigenvalue weighted by Gasteiger charge is 2.19. The van der Waals surface area contributed by atoms with Crippen molar-refractivity contribution in [2.45, 2.75) is 342 Å². The van der Waals surface area contributed by atoms with E-state index in [-0.39, 0.29) is 31.1 Å². The van der Waals surface area contributed by atoms with Gasteiger partial charge in [-0.25, -0.2) is 0 Å². The number of esters is 3. The molecule has 6 heteroatoms. The molecule has 0 bridgehead atoms. The van der Waals surface area contributed by atoms with Crippen LogP contribution in [-0.2, 0) is 28.6 Å². The smallest absolute Gasteiger partial charge is 0.306 e. The van der Waals surface area contributed by atoms with Crippen molar-refractivity contribution in [2.75, 3.05) is 13.2 Å². The van der Waals surface area contributed by atoms with Gasteiger partial charge in [-0.05, 0) is 25.2 Å². The molecular weight excluding hydrogens is 805 g/mol. The number of unbranched alkanes of at least 4 members (excludes halogenated alkanes) is 41. The molecule has 0 aliphatic heterocycles. The Balaban J connectivity index is 4.26. The zero-order valence-corrected chi connectivity index (χ0v) is 44.5. The van der Waals surface area contributed by atoms with Gasteiger partial charge in [0.05, 0.1) is 0 Å². The summed E-state index contributed by atoms with van der Waals surface area (Å²) >= 11 is 0. The van der Waals surface area contributed by atoms with Crippen LogP contribution in [0.5, 0.6) is 0 Å². The van der Waals surface area contributed by atoms with Crippen molar-refractivity contribution in [2.24, 2.45) is 5.92 Å². The fraction of sp³-hybridized carbons (Fsp3) is 0.949. The Morgan fingerprint density at radius 1 is 0.292 bits per heavy atom. The fourth-order valence-corrected chi connectivity index (χ4v) is 9.10. The predicted molar refractivity (Wildman–Crippen MR) is 280 cm³/mol. The van der Waals surface area contributed by atoms with E-state index in [1.54, 1.807) is 0 Å². The number of hydrogen-bond acceptors (Lipinski definition) is 6. The summed E-state index contributed by atoms with van der Waals surface area (Å²) in [5.74, 6) is -0.0196. The van der Waals surface area contributed by atoms with Gasteiger partial charge in [0.2, 0.25) is 0 Å². The Labute approximate surface area is 406 Å². The lowest BCUT2D eigenvalue weighted by molar-refractivity contribution is -0.167. The third-order valence-corrected chi connectivity index (χ3v) is 13.5. The van der Waals surface area contributed by atoms with Crippen molar-refractivity contribution < 1.29 is 28.6 Å². The first-order valence-electron chi connectivity index (χ1n) is 29.4. The fourth-order valence-electron chi connectivity index (χ4n) is 9.10. The summed E-state index contributed by atoms with van der Waals surface area (Å²) < 4.78 is 16.9. The first-order valence-corrected chi connectivity index (χ1v) is 29.4. The van der Waals surface area contributed by atoms with Crippen LogP contribution in [0.25, 0.3) is 0 Å². The van der Waals surface area contributed by atoms with Gasteiger partial charge in [-0.3, -0.25) is 14.4 Å². The molecule has 0 aromatic carbocycles. The molecule has 0 aliphatic rings. The van der Waals surface area contributed by atoms with Gasteiger partial charge in [0.25, 0.3) is 0 Å². The number of carbonyl (C=O) groups is 3. The summed E-state index contributed by atoms with van der Waals surface area (Å²) in [6.07, 6.45) is 58.1. The minimum atomic E-state index is -0.762. The van der Waals surface area contributed by atoms with Gasteiger partial charge in [-0.2, -0.15) is 0 Å². The Morgan fingerprint density at radius 2 is 0.508 bits per heavy atom. The van der Waals surface area contributed by atoms with Crippen molar-refractivity contribution in [3.63, 3.8) is 0 Å². The molecule has 0 spiro atoms. The zero-order valence-electron chi connectivity index (χ0n) is 44.5.